The highest BCUT2D eigenvalue weighted by atomic mass is 16.5. The Bertz CT molecular complexity index is 745. The predicted molar refractivity (Wildman–Crippen MR) is 104 cm³/mol. The zero-order valence-corrected chi connectivity index (χ0v) is 15.6. The number of hydrogen-bond acceptors (Lipinski definition) is 5. The molecule has 0 unspecified atom stereocenters. The lowest BCUT2D eigenvalue weighted by Gasteiger charge is -2.43. The van der Waals surface area contributed by atoms with Crippen molar-refractivity contribution in [2.75, 3.05) is 44.6 Å². The normalized spacial score (nSPS) is 19.9. The number of morpholine rings is 1. The molecule has 0 bridgehead atoms. The van der Waals surface area contributed by atoms with Gasteiger partial charge in [0.15, 0.2) is 5.82 Å². The molecule has 0 radical (unpaired) electrons. The zero-order chi connectivity index (χ0) is 18.5. The predicted octanol–water partition coefficient (Wildman–Crippen LogP) is 1.32. The molecular formula is C20H27N5O2. The maximum Gasteiger partial charge on any atom is 0.239 e. The standard InChI is InChI=1S/C20H27N5O2/c26-19(15-24-11-7-20(8-12-24)16-21-9-13-27-20)22-18-6-10-25(23-18)14-17-4-2-1-3-5-17/h1-6,10,21H,7-9,11-16H2,(H,22,23,26). The second-order valence-corrected chi connectivity index (χ2v) is 7.42. The van der Waals surface area contributed by atoms with Gasteiger partial charge in [0.05, 0.1) is 25.3 Å². The largest absolute Gasteiger partial charge is 0.372 e. The molecule has 4 rings (SSSR count). The quantitative estimate of drug-likeness (QED) is 0.832. The Hall–Kier alpha value is -2.22. The van der Waals surface area contributed by atoms with E-state index in [1.54, 1.807) is 0 Å². The van der Waals surface area contributed by atoms with Gasteiger partial charge >= 0.3 is 0 Å². The van der Waals surface area contributed by atoms with Crippen molar-refractivity contribution in [3.05, 3.63) is 48.2 Å². The van der Waals surface area contributed by atoms with Gasteiger partial charge in [-0.3, -0.25) is 14.4 Å². The summed E-state index contributed by atoms with van der Waals surface area (Å²) < 4.78 is 7.84. The van der Waals surface area contributed by atoms with E-state index in [0.717, 1.165) is 45.6 Å². The number of aromatic nitrogens is 2. The molecule has 27 heavy (non-hydrogen) atoms. The minimum absolute atomic E-state index is 0.0152. The van der Waals surface area contributed by atoms with E-state index in [1.807, 2.05) is 35.1 Å². The van der Waals surface area contributed by atoms with E-state index >= 15 is 0 Å². The first-order valence-corrected chi connectivity index (χ1v) is 9.65. The number of rotatable bonds is 5. The van der Waals surface area contributed by atoms with Crippen molar-refractivity contribution in [2.45, 2.75) is 25.0 Å². The second-order valence-electron chi connectivity index (χ2n) is 7.42. The van der Waals surface area contributed by atoms with Crippen LogP contribution in [0, 0.1) is 0 Å². The number of anilines is 1. The van der Waals surface area contributed by atoms with Crippen LogP contribution in [0.25, 0.3) is 0 Å². The molecular weight excluding hydrogens is 342 g/mol. The Morgan fingerprint density at radius 2 is 2.04 bits per heavy atom. The number of carbonyl (C=O) groups excluding carboxylic acids is 1. The number of nitrogens with one attached hydrogen (secondary N) is 2. The van der Waals surface area contributed by atoms with Crippen molar-refractivity contribution < 1.29 is 9.53 Å². The number of nitrogens with zero attached hydrogens (tertiary/aromatic N) is 3. The molecule has 2 fully saturated rings. The van der Waals surface area contributed by atoms with Crippen LogP contribution in [0.3, 0.4) is 0 Å². The fourth-order valence-electron chi connectivity index (χ4n) is 3.82. The van der Waals surface area contributed by atoms with E-state index in [0.29, 0.717) is 18.9 Å². The monoisotopic (exact) mass is 369 g/mol. The fourth-order valence-corrected chi connectivity index (χ4v) is 3.82. The third-order valence-electron chi connectivity index (χ3n) is 5.36. The first-order chi connectivity index (χ1) is 13.2. The molecule has 2 aromatic rings. The van der Waals surface area contributed by atoms with Crippen molar-refractivity contribution in [3.63, 3.8) is 0 Å². The van der Waals surface area contributed by atoms with Gasteiger partial charge in [0.2, 0.25) is 5.91 Å². The number of piperidine rings is 1. The van der Waals surface area contributed by atoms with Gasteiger partial charge in [0.25, 0.3) is 0 Å². The Labute approximate surface area is 159 Å². The van der Waals surface area contributed by atoms with Gasteiger partial charge < -0.3 is 15.4 Å². The number of carbonyl (C=O) groups is 1. The summed E-state index contributed by atoms with van der Waals surface area (Å²) in [6, 6.07) is 12.0. The Morgan fingerprint density at radius 3 is 2.78 bits per heavy atom. The maximum atomic E-state index is 12.4. The molecule has 1 spiro atoms. The minimum Gasteiger partial charge on any atom is -0.372 e. The smallest absolute Gasteiger partial charge is 0.239 e. The van der Waals surface area contributed by atoms with Crippen LogP contribution in [-0.2, 0) is 16.1 Å². The van der Waals surface area contributed by atoms with Crippen LogP contribution in [0.1, 0.15) is 18.4 Å². The SMILES string of the molecule is O=C(CN1CCC2(CC1)CNCCO2)Nc1ccn(Cc2ccccc2)n1. The van der Waals surface area contributed by atoms with Crippen LogP contribution < -0.4 is 10.6 Å². The molecule has 2 saturated heterocycles. The molecule has 0 aliphatic carbocycles. The molecule has 1 aromatic heterocycles. The van der Waals surface area contributed by atoms with Gasteiger partial charge in [-0.25, -0.2) is 0 Å². The summed E-state index contributed by atoms with van der Waals surface area (Å²) >= 11 is 0. The number of amides is 1. The molecule has 2 N–H and O–H groups in total. The van der Waals surface area contributed by atoms with E-state index in [2.05, 4.69) is 32.8 Å². The van der Waals surface area contributed by atoms with Crippen molar-refractivity contribution in [1.29, 1.82) is 0 Å². The van der Waals surface area contributed by atoms with Crippen LogP contribution in [0.2, 0.25) is 0 Å². The number of ether oxygens (including phenoxy) is 1. The summed E-state index contributed by atoms with van der Waals surface area (Å²) in [7, 11) is 0. The first-order valence-electron chi connectivity index (χ1n) is 9.65. The topological polar surface area (TPSA) is 71.4 Å². The summed E-state index contributed by atoms with van der Waals surface area (Å²) in [5, 5.41) is 10.8. The van der Waals surface area contributed by atoms with Gasteiger partial charge in [-0.15, -0.1) is 0 Å². The van der Waals surface area contributed by atoms with Crippen molar-refractivity contribution in [2.24, 2.45) is 0 Å². The maximum absolute atomic E-state index is 12.4. The average molecular weight is 369 g/mol. The molecule has 1 amide bonds. The molecule has 3 heterocycles. The molecule has 2 aliphatic heterocycles. The van der Waals surface area contributed by atoms with Crippen LogP contribution >= 0.6 is 0 Å². The molecule has 0 atom stereocenters. The van der Waals surface area contributed by atoms with Crippen LogP contribution in [0.5, 0.6) is 0 Å². The van der Waals surface area contributed by atoms with Crippen molar-refractivity contribution in [3.8, 4) is 0 Å². The highest BCUT2D eigenvalue weighted by molar-refractivity contribution is 5.91. The number of hydrogen-bond donors (Lipinski definition) is 2. The highest BCUT2D eigenvalue weighted by Crippen LogP contribution is 2.27. The Balaban J connectivity index is 1.24. The number of likely N-dealkylation sites (tertiary alicyclic amines) is 1. The third-order valence-corrected chi connectivity index (χ3v) is 5.36. The summed E-state index contributed by atoms with van der Waals surface area (Å²) in [4.78, 5) is 14.6. The van der Waals surface area contributed by atoms with Crippen LogP contribution in [0.4, 0.5) is 5.82 Å². The molecule has 2 aliphatic rings. The summed E-state index contributed by atoms with van der Waals surface area (Å²) in [5.41, 5.74) is 1.15. The van der Waals surface area contributed by atoms with E-state index in [1.165, 1.54) is 5.56 Å². The van der Waals surface area contributed by atoms with E-state index in [9.17, 15) is 4.79 Å². The molecule has 1 aromatic carbocycles. The lowest BCUT2D eigenvalue weighted by Crippen LogP contribution is -2.56. The van der Waals surface area contributed by atoms with Crippen molar-refractivity contribution >= 4 is 11.7 Å². The van der Waals surface area contributed by atoms with E-state index in [-0.39, 0.29) is 11.5 Å². The molecule has 7 nitrogen and oxygen atoms in total. The van der Waals surface area contributed by atoms with E-state index in [4.69, 9.17) is 4.74 Å². The van der Waals surface area contributed by atoms with Gasteiger partial charge in [0.1, 0.15) is 0 Å². The minimum atomic E-state index is -0.0263. The zero-order valence-electron chi connectivity index (χ0n) is 15.6. The van der Waals surface area contributed by atoms with Gasteiger partial charge in [-0.2, -0.15) is 5.10 Å². The van der Waals surface area contributed by atoms with E-state index < -0.39 is 0 Å². The summed E-state index contributed by atoms with van der Waals surface area (Å²) in [5.74, 6) is 0.586. The highest BCUT2D eigenvalue weighted by Gasteiger charge is 2.37. The van der Waals surface area contributed by atoms with Gasteiger partial charge in [-0.05, 0) is 18.4 Å². The lowest BCUT2D eigenvalue weighted by molar-refractivity contribution is -0.121. The third kappa shape index (κ3) is 4.74. The Kier molecular flexibility index (Phi) is 5.52. The molecule has 0 saturated carbocycles. The summed E-state index contributed by atoms with van der Waals surface area (Å²) in [6.07, 6.45) is 3.83. The number of benzene rings is 1. The van der Waals surface area contributed by atoms with Crippen LogP contribution in [-0.4, -0.2) is 65.5 Å². The molecule has 7 heteroatoms. The second kappa shape index (κ2) is 8.21. The van der Waals surface area contributed by atoms with Crippen molar-refractivity contribution in [1.82, 2.24) is 20.0 Å². The fraction of sp³-hybridized carbons (Fsp3) is 0.500. The first kappa shape index (κ1) is 18.2. The Morgan fingerprint density at radius 1 is 1.22 bits per heavy atom. The van der Waals surface area contributed by atoms with Crippen LogP contribution in [0.15, 0.2) is 42.6 Å². The van der Waals surface area contributed by atoms with Gasteiger partial charge in [-0.1, -0.05) is 30.3 Å². The average Bonchev–Trinajstić information content (AvgIpc) is 3.12. The molecule has 144 valence electrons. The summed E-state index contributed by atoms with van der Waals surface area (Å²) in [6.45, 7) is 5.51. The van der Waals surface area contributed by atoms with Gasteiger partial charge in [0, 0.05) is 38.4 Å². The lowest BCUT2D eigenvalue weighted by atomic mass is 9.90.